The van der Waals surface area contributed by atoms with Crippen molar-refractivity contribution in [2.75, 3.05) is 26.4 Å². The highest BCUT2D eigenvalue weighted by atomic mass is 31.2. The van der Waals surface area contributed by atoms with Crippen molar-refractivity contribution in [3.05, 3.63) is 72.9 Å². The summed E-state index contributed by atoms with van der Waals surface area (Å²) in [6, 6.07) is 0. The third kappa shape index (κ3) is 46.4. The largest absolute Gasteiger partial charge is 0.472 e. The number of amides is 1. The Hall–Kier alpha value is -2.55. The summed E-state index contributed by atoms with van der Waals surface area (Å²) in [7, 11) is -4.44. The van der Waals surface area contributed by atoms with Gasteiger partial charge in [-0.2, -0.15) is 0 Å². The first-order valence-electron chi connectivity index (χ1n) is 23.4. The second-order valence-corrected chi connectivity index (χ2v) is 16.8. The standard InChI is InChI=1S/C49H86NO8P/c1-3-5-7-9-11-13-15-17-19-21-23-25-27-29-31-33-35-37-39-41-48(52)50-43-44-57-59(54,55)58-46-47(51)45-56-49(53)42-40-38-36-34-32-30-28-26-24-22-20-18-16-14-12-10-8-6-4-2/h5,7,11,13,17,19,23,25,29,31,35,37,47,51H,3-4,6,8-10,12,14-16,18,20-22,24,26-28,30,32-34,36,38-46H2,1-2H3,(H,50,52)(H,54,55)/b7-5-,13-11-,19-17-,25-23-,31-29-,37-35-. The number of hydrogen-bond donors (Lipinski definition) is 3. The van der Waals surface area contributed by atoms with E-state index < -0.39 is 26.5 Å². The second-order valence-electron chi connectivity index (χ2n) is 15.4. The van der Waals surface area contributed by atoms with Crippen LogP contribution in [-0.2, 0) is 27.9 Å². The molecule has 1 amide bonds. The molecule has 2 atom stereocenters. The van der Waals surface area contributed by atoms with E-state index in [4.69, 9.17) is 13.8 Å². The summed E-state index contributed by atoms with van der Waals surface area (Å²) in [5.74, 6) is -0.602. The van der Waals surface area contributed by atoms with Crippen molar-refractivity contribution in [2.24, 2.45) is 0 Å². The molecular weight excluding hydrogens is 762 g/mol. The molecule has 0 bridgehead atoms. The van der Waals surface area contributed by atoms with Crippen LogP contribution >= 0.6 is 7.82 Å². The highest BCUT2D eigenvalue weighted by molar-refractivity contribution is 7.47. The van der Waals surface area contributed by atoms with Crippen LogP contribution in [0.4, 0.5) is 0 Å². The molecule has 0 fully saturated rings. The van der Waals surface area contributed by atoms with Gasteiger partial charge in [0.25, 0.3) is 0 Å². The minimum absolute atomic E-state index is 0.0378. The van der Waals surface area contributed by atoms with Gasteiger partial charge in [-0.25, -0.2) is 4.57 Å². The monoisotopic (exact) mass is 848 g/mol. The molecule has 0 aliphatic carbocycles. The van der Waals surface area contributed by atoms with Crippen molar-refractivity contribution in [1.82, 2.24) is 5.32 Å². The summed E-state index contributed by atoms with van der Waals surface area (Å²) in [6.45, 7) is 3.36. The topological polar surface area (TPSA) is 131 Å². The van der Waals surface area contributed by atoms with Gasteiger partial charge in [-0.05, 0) is 51.4 Å². The highest BCUT2D eigenvalue weighted by Gasteiger charge is 2.23. The molecule has 10 heteroatoms. The van der Waals surface area contributed by atoms with Crippen LogP contribution in [0.15, 0.2) is 72.9 Å². The number of carbonyl (C=O) groups is 2. The second kappa shape index (κ2) is 45.0. The Morgan fingerprint density at radius 1 is 0.542 bits per heavy atom. The van der Waals surface area contributed by atoms with Crippen LogP contribution in [0.5, 0.6) is 0 Å². The molecule has 0 aliphatic rings. The normalized spacial score (nSPS) is 13.9. The van der Waals surface area contributed by atoms with Gasteiger partial charge in [0.2, 0.25) is 5.91 Å². The number of aliphatic hydroxyl groups excluding tert-OH is 1. The fraction of sp³-hybridized carbons (Fsp3) is 0.714. The van der Waals surface area contributed by atoms with E-state index in [1.165, 1.54) is 103 Å². The lowest BCUT2D eigenvalue weighted by atomic mass is 10.0. The molecule has 0 aromatic heterocycles. The van der Waals surface area contributed by atoms with E-state index in [2.05, 4.69) is 79.9 Å². The Morgan fingerprint density at radius 3 is 1.39 bits per heavy atom. The Morgan fingerprint density at radius 2 is 0.949 bits per heavy atom. The number of nitrogens with one attached hydrogen (secondary N) is 1. The van der Waals surface area contributed by atoms with Crippen LogP contribution in [-0.4, -0.2) is 54.3 Å². The van der Waals surface area contributed by atoms with Crippen molar-refractivity contribution in [1.29, 1.82) is 0 Å². The lowest BCUT2D eigenvalue weighted by molar-refractivity contribution is -0.147. The highest BCUT2D eigenvalue weighted by Crippen LogP contribution is 2.42. The SMILES string of the molecule is CC/C=C\C/C=C\C/C=C\C/C=C\C/C=C\C/C=C\CCC(=O)NCCOP(=O)(O)OCC(O)COC(=O)CCCCCCCCCCCCCCCCCCCCC. The van der Waals surface area contributed by atoms with Gasteiger partial charge in [0, 0.05) is 19.4 Å². The van der Waals surface area contributed by atoms with Crippen LogP contribution in [0, 0.1) is 0 Å². The molecule has 0 saturated heterocycles. The third-order valence-electron chi connectivity index (χ3n) is 9.66. The lowest BCUT2D eigenvalue weighted by Crippen LogP contribution is -2.27. The van der Waals surface area contributed by atoms with Crippen LogP contribution in [0.2, 0.25) is 0 Å². The van der Waals surface area contributed by atoms with E-state index in [0.717, 1.165) is 57.8 Å². The quantitative estimate of drug-likeness (QED) is 0.0239. The average molecular weight is 848 g/mol. The first-order chi connectivity index (χ1) is 28.8. The predicted molar refractivity (Wildman–Crippen MR) is 247 cm³/mol. The Kier molecular flexibility index (Phi) is 43.0. The summed E-state index contributed by atoms with van der Waals surface area (Å²) in [4.78, 5) is 33.9. The zero-order chi connectivity index (χ0) is 43.2. The molecule has 2 unspecified atom stereocenters. The van der Waals surface area contributed by atoms with Gasteiger partial charge < -0.3 is 20.1 Å². The van der Waals surface area contributed by atoms with Crippen molar-refractivity contribution in [2.45, 2.75) is 200 Å². The van der Waals surface area contributed by atoms with E-state index in [-0.39, 0.29) is 32.1 Å². The number of phosphoric ester groups is 1. The first kappa shape index (κ1) is 56.5. The summed E-state index contributed by atoms with van der Waals surface area (Å²) in [5, 5.41) is 12.7. The summed E-state index contributed by atoms with van der Waals surface area (Å²) in [5.41, 5.74) is 0. The van der Waals surface area contributed by atoms with Crippen molar-refractivity contribution in [3.8, 4) is 0 Å². The molecule has 0 aromatic carbocycles. The molecule has 0 aliphatic heterocycles. The smallest absolute Gasteiger partial charge is 0.463 e. The van der Waals surface area contributed by atoms with Crippen LogP contribution in [0.1, 0.15) is 194 Å². The predicted octanol–water partition coefficient (Wildman–Crippen LogP) is 13.4. The number of esters is 1. The fourth-order valence-electron chi connectivity index (χ4n) is 6.17. The number of unbranched alkanes of at least 4 members (excludes halogenated alkanes) is 18. The number of phosphoric acid groups is 1. The first-order valence-corrected chi connectivity index (χ1v) is 24.9. The average Bonchev–Trinajstić information content (AvgIpc) is 3.22. The minimum atomic E-state index is -4.44. The van der Waals surface area contributed by atoms with Gasteiger partial charge in [0.05, 0.1) is 13.2 Å². The Balaban J connectivity index is 3.67. The van der Waals surface area contributed by atoms with E-state index in [1.807, 2.05) is 12.2 Å². The van der Waals surface area contributed by atoms with Gasteiger partial charge in [-0.1, -0.05) is 202 Å². The number of rotatable bonds is 43. The minimum Gasteiger partial charge on any atom is -0.463 e. The maximum atomic E-state index is 12.1. The van der Waals surface area contributed by atoms with Crippen molar-refractivity contribution < 1.29 is 37.9 Å². The molecule has 59 heavy (non-hydrogen) atoms. The Bertz CT molecular complexity index is 1190. The molecular formula is C49H86NO8P. The van der Waals surface area contributed by atoms with Gasteiger partial charge in [0.1, 0.15) is 12.7 Å². The number of carbonyl (C=O) groups excluding carboxylic acids is 2. The molecule has 0 spiro atoms. The molecule has 0 radical (unpaired) electrons. The van der Waals surface area contributed by atoms with Crippen molar-refractivity contribution in [3.63, 3.8) is 0 Å². The lowest BCUT2D eigenvalue weighted by Gasteiger charge is -2.15. The van der Waals surface area contributed by atoms with E-state index in [0.29, 0.717) is 12.8 Å². The van der Waals surface area contributed by atoms with Gasteiger partial charge >= 0.3 is 13.8 Å². The van der Waals surface area contributed by atoms with Crippen LogP contribution < -0.4 is 5.32 Å². The zero-order valence-electron chi connectivity index (χ0n) is 37.4. The number of aliphatic hydroxyl groups is 1. The number of hydrogen-bond acceptors (Lipinski definition) is 7. The number of allylic oxidation sites excluding steroid dienone is 12. The van der Waals surface area contributed by atoms with Crippen LogP contribution in [0.3, 0.4) is 0 Å². The maximum absolute atomic E-state index is 12.1. The van der Waals surface area contributed by atoms with Crippen LogP contribution in [0.25, 0.3) is 0 Å². The molecule has 340 valence electrons. The fourth-order valence-corrected chi connectivity index (χ4v) is 6.93. The summed E-state index contributed by atoms with van der Waals surface area (Å²) >= 11 is 0. The maximum Gasteiger partial charge on any atom is 0.472 e. The molecule has 0 heterocycles. The van der Waals surface area contributed by atoms with E-state index in [1.54, 1.807) is 0 Å². The van der Waals surface area contributed by atoms with Gasteiger partial charge in [-0.15, -0.1) is 0 Å². The van der Waals surface area contributed by atoms with E-state index >= 15 is 0 Å². The zero-order valence-corrected chi connectivity index (χ0v) is 38.3. The molecule has 0 rings (SSSR count). The molecule has 3 N–H and O–H groups in total. The van der Waals surface area contributed by atoms with Gasteiger partial charge in [0.15, 0.2) is 0 Å². The van der Waals surface area contributed by atoms with E-state index in [9.17, 15) is 24.2 Å². The third-order valence-corrected chi connectivity index (χ3v) is 10.6. The Labute approximate surface area is 360 Å². The molecule has 0 saturated carbocycles. The number of ether oxygens (including phenoxy) is 1. The van der Waals surface area contributed by atoms with Gasteiger partial charge in [-0.3, -0.25) is 18.6 Å². The van der Waals surface area contributed by atoms with Crippen molar-refractivity contribution >= 4 is 19.7 Å². The summed E-state index contributed by atoms with van der Waals surface area (Å²) in [6.07, 6.45) is 55.7. The summed E-state index contributed by atoms with van der Waals surface area (Å²) < 4.78 is 26.9. The molecule has 0 aromatic rings. The molecule has 9 nitrogen and oxygen atoms in total.